The van der Waals surface area contributed by atoms with E-state index in [1.807, 2.05) is 0 Å². The molecular formula is C7H10N2. The molecule has 1 aliphatic heterocycles. The molecule has 0 amide bonds. The van der Waals surface area contributed by atoms with Crippen LogP contribution >= 0.6 is 0 Å². The summed E-state index contributed by atoms with van der Waals surface area (Å²) in [5.41, 5.74) is 1.46. The Morgan fingerprint density at radius 2 is 2.56 bits per heavy atom. The molecule has 9 heavy (non-hydrogen) atoms. The number of fused-ring (bicyclic) bond motifs is 1. The molecular weight excluding hydrogens is 112 g/mol. The molecule has 0 saturated carbocycles. The molecule has 0 bridgehead atoms. The van der Waals surface area contributed by atoms with E-state index in [1.165, 1.54) is 24.8 Å². The molecule has 1 unspecified atom stereocenters. The zero-order valence-corrected chi connectivity index (χ0v) is 5.38. The Balaban J connectivity index is 2.22. The Labute approximate surface area is 54.7 Å². The summed E-state index contributed by atoms with van der Waals surface area (Å²) < 4.78 is 0. The molecule has 0 saturated heterocycles. The van der Waals surface area contributed by atoms with Crippen LogP contribution in [0.3, 0.4) is 0 Å². The van der Waals surface area contributed by atoms with Crippen LogP contribution in [0.15, 0.2) is 21.9 Å². The van der Waals surface area contributed by atoms with Gasteiger partial charge in [-0.3, -0.25) is 0 Å². The summed E-state index contributed by atoms with van der Waals surface area (Å²) in [5.74, 6) is 0. The van der Waals surface area contributed by atoms with Gasteiger partial charge in [0.1, 0.15) is 0 Å². The molecule has 2 aliphatic rings. The molecule has 2 heteroatoms. The van der Waals surface area contributed by atoms with Crippen molar-refractivity contribution in [1.29, 1.82) is 0 Å². The van der Waals surface area contributed by atoms with E-state index in [0.717, 1.165) is 6.54 Å². The van der Waals surface area contributed by atoms with Crippen LogP contribution in [-0.2, 0) is 0 Å². The fourth-order valence-electron chi connectivity index (χ4n) is 1.44. The maximum atomic E-state index is 4.11. The van der Waals surface area contributed by atoms with Gasteiger partial charge >= 0.3 is 0 Å². The van der Waals surface area contributed by atoms with Crippen molar-refractivity contribution in [3.63, 3.8) is 0 Å². The Kier molecular flexibility index (Phi) is 1.11. The molecule has 2 rings (SSSR count). The third-order valence-corrected chi connectivity index (χ3v) is 1.99. The van der Waals surface area contributed by atoms with Gasteiger partial charge in [-0.1, -0.05) is 6.08 Å². The molecule has 0 aromatic heterocycles. The van der Waals surface area contributed by atoms with Gasteiger partial charge in [0.05, 0.1) is 12.6 Å². The van der Waals surface area contributed by atoms with E-state index < -0.39 is 0 Å². The summed E-state index contributed by atoms with van der Waals surface area (Å²) in [5, 5.41) is 8.10. The molecule has 1 heterocycles. The number of azo groups is 1. The first-order valence-corrected chi connectivity index (χ1v) is 3.52. The largest absolute Gasteiger partial charge is 0.189 e. The molecule has 0 radical (unpaired) electrons. The molecule has 0 aromatic carbocycles. The highest BCUT2D eigenvalue weighted by Crippen LogP contribution is 2.25. The highest BCUT2D eigenvalue weighted by molar-refractivity contribution is 5.17. The lowest BCUT2D eigenvalue weighted by Gasteiger charge is -2.11. The molecule has 48 valence electrons. The van der Waals surface area contributed by atoms with E-state index in [9.17, 15) is 0 Å². The number of rotatable bonds is 0. The van der Waals surface area contributed by atoms with Crippen LogP contribution in [0.5, 0.6) is 0 Å². The second-order valence-electron chi connectivity index (χ2n) is 2.64. The zero-order chi connectivity index (χ0) is 6.10. The van der Waals surface area contributed by atoms with Crippen molar-refractivity contribution in [3.05, 3.63) is 11.6 Å². The highest BCUT2D eigenvalue weighted by atomic mass is 15.2. The topological polar surface area (TPSA) is 24.7 Å². The van der Waals surface area contributed by atoms with Crippen molar-refractivity contribution in [2.24, 2.45) is 10.2 Å². The van der Waals surface area contributed by atoms with Crippen molar-refractivity contribution in [2.45, 2.75) is 25.3 Å². The zero-order valence-electron chi connectivity index (χ0n) is 5.38. The minimum atomic E-state index is 0.485. The van der Waals surface area contributed by atoms with Gasteiger partial charge in [0, 0.05) is 0 Å². The predicted molar refractivity (Wildman–Crippen MR) is 35.4 cm³/mol. The van der Waals surface area contributed by atoms with Gasteiger partial charge < -0.3 is 0 Å². The highest BCUT2D eigenvalue weighted by Gasteiger charge is 2.20. The fourth-order valence-corrected chi connectivity index (χ4v) is 1.44. The Morgan fingerprint density at radius 3 is 3.44 bits per heavy atom. The van der Waals surface area contributed by atoms with Gasteiger partial charge in [-0.25, -0.2) is 0 Å². The van der Waals surface area contributed by atoms with E-state index in [2.05, 4.69) is 16.3 Å². The summed E-state index contributed by atoms with van der Waals surface area (Å²) in [6.07, 6.45) is 6.08. The Hall–Kier alpha value is -0.660. The summed E-state index contributed by atoms with van der Waals surface area (Å²) >= 11 is 0. The second-order valence-corrected chi connectivity index (χ2v) is 2.64. The molecule has 0 spiro atoms. The number of hydrogen-bond acceptors (Lipinski definition) is 2. The molecule has 1 atom stereocenters. The average Bonchev–Trinajstić information content (AvgIpc) is 2.33. The van der Waals surface area contributed by atoms with E-state index >= 15 is 0 Å². The third kappa shape index (κ3) is 0.784. The van der Waals surface area contributed by atoms with Gasteiger partial charge in [-0.15, -0.1) is 0 Å². The van der Waals surface area contributed by atoms with Crippen LogP contribution in [-0.4, -0.2) is 12.6 Å². The van der Waals surface area contributed by atoms with Crippen LogP contribution in [0.4, 0.5) is 0 Å². The van der Waals surface area contributed by atoms with Gasteiger partial charge in [0.25, 0.3) is 0 Å². The first-order valence-electron chi connectivity index (χ1n) is 3.52. The average molecular weight is 122 g/mol. The lowest BCUT2D eigenvalue weighted by Crippen LogP contribution is -2.08. The lowest BCUT2D eigenvalue weighted by atomic mass is 9.96. The van der Waals surface area contributed by atoms with Crippen LogP contribution in [0, 0.1) is 0 Å². The third-order valence-electron chi connectivity index (χ3n) is 1.99. The second kappa shape index (κ2) is 1.94. The first kappa shape index (κ1) is 5.15. The Bertz CT molecular complexity index is 170. The smallest absolute Gasteiger partial charge is 0.0936 e. The van der Waals surface area contributed by atoms with E-state index in [4.69, 9.17) is 0 Å². The fraction of sp³-hybridized carbons (Fsp3) is 0.714. The maximum Gasteiger partial charge on any atom is 0.0936 e. The van der Waals surface area contributed by atoms with Crippen molar-refractivity contribution >= 4 is 0 Å². The summed E-state index contributed by atoms with van der Waals surface area (Å²) in [6.45, 7) is 0.880. The normalized spacial score (nSPS) is 32.0. The molecule has 2 nitrogen and oxygen atoms in total. The van der Waals surface area contributed by atoms with Crippen LogP contribution in [0.1, 0.15) is 19.3 Å². The first-order chi connectivity index (χ1) is 4.47. The molecule has 0 fully saturated rings. The minimum Gasteiger partial charge on any atom is -0.189 e. The van der Waals surface area contributed by atoms with Crippen molar-refractivity contribution < 1.29 is 0 Å². The van der Waals surface area contributed by atoms with Gasteiger partial charge in [0.15, 0.2) is 0 Å². The van der Waals surface area contributed by atoms with Crippen LogP contribution in [0.25, 0.3) is 0 Å². The van der Waals surface area contributed by atoms with E-state index in [0.29, 0.717) is 6.04 Å². The monoisotopic (exact) mass is 122 g/mol. The van der Waals surface area contributed by atoms with Gasteiger partial charge in [-0.2, -0.15) is 10.2 Å². The van der Waals surface area contributed by atoms with E-state index in [-0.39, 0.29) is 0 Å². The molecule has 0 N–H and O–H groups in total. The quantitative estimate of drug-likeness (QED) is 0.438. The van der Waals surface area contributed by atoms with Gasteiger partial charge in [-0.05, 0) is 24.8 Å². The van der Waals surface area contributed by atoms with Crippen LogP contribution < -0.4 is 0 Å². The van der Waals surface area contributed by atoms with Gasteiger partial charge in [0.2, 0.25) is 0 Å². The summed E-state index contributed by atoms with van der Waals surface area (Å²) in [7, 11) is 0. The van der Waals surface area contributed by atoms with Crippen LogP contribution in [0.2, 0.25) is 0 Å². The van der Waals surface area contributed by atoms with E-state index in [1.54, 1.807) is 0 Å². The maximum absolute atomic E-state index is 4.11. The van der Waals surface area contributed by atoms with Crippen molar-refractivity contribution in [1.82, 2.24) is 0 Å². The summed E-state index contributed by atoms with van der Waals surface area (Å²) in [4.78, 5) is 0. The minimum absolute atomic E-state index is 0.485. The molecule has 0 aromatic rings. The SMILES string of the molecule is C1=C2CN=NC2CCC1. The van der Waals surface area contributed by atoms with Crippen molar-refractivity contribution in [2.75, 3.05) is 6.54 Å². The standard InChI is InChI=1S/C7H10N2/c1-2-4-7-6(3-1)5-8-9-7/h3,7H,1-2,4-5H2. The summed E-state index contributed by atoms with van der Waals surface area (Å²) in [6, 6.07) is 0.485. The predicted octanol–water partition coefficient (Wildman–Crippen LogP) is 1.93. The number of nitrogens with zero attached hydrogens (tertiary/aromatic N) is 2. The Morgan fingerprint density at radius 1 is 1.56 bits per heavy atom. The molecule has 1 aliphatic carbocycles. The number of hydrogen-bond donors (Lipinski definition) is 0. The van der Waals surface area contributed by atoms with Crippen molar-refractivity contribution in [3.8, 4) is 0 Å². The lowest BCUT2D eigenvalue weighted by molar-refractivity contribution is 0.627. The number of allylic oxidation sites excluding steroid dienone is 1.